The van der Waals surface area contributed by atoms with Gasteiger partial charge in [0, 0.05) is 8.95 Å². The Bertz CT molecular complexity index is 951. The summed E-state index contributed by atoms with van der Waals surface area (Å²) >= 11 is 7.31. The van der Waals surface area contributed by atoms with Crippen molar-refractivity contribution in [2.75, 3.05) is 0 Å². The summed E-state index contributed by atoms with van der Waals surface area (Å²) in [4.78, 5) is 0. The minimum atomic E-state index is 1.08. The summed E-state index contributed by atoms with van der Waals surface area (Å²) in [7, 11) is 0. The molecular formula is C24H16Br2. The number of benzene rings is 4. The molecule has 4 aromatic rings. The van der Waals surface area contributed by atoms with Crippen LogP contribution in [0.15, 0.2) is 106 Å². The molecule has 0 amide bonds. The highest BCUT2D eigenvalue weighted by Gasteiger charge is 2.13. The fraction of sp³-hybridized carbons (Fsp3) is 0. The van der Waals surface area contributed by atoms with Gasteiger partial charge in [-0.05, 0) is 57.6 Å². The standard InChI is InChI=1S/C24H16Br2/c25-19-11-13-21(17-7-3-1-4-8-17)23(15-19)24-16-20(26)12-14-22(24)18-9-5-2-6-10-18/h1-16H. The smallest absolute Gasteiger partial charge is 0.0181 e. The summed E-state index contributed by atoms with van der Waals surface area (Å²) in [6.07, 6.45) is 0. The van der Waals surface area contributed by atoms with Crippen molar-refractivity contribution in [3.63, 3.8) is 0 Å². The van der Waals surface area contributed by atoms with Crippen LogP contribution in [-0.2, 0) is 0 Å². The van der Waals surface area contributed by atoms with E-state index in [1.807, 2.05) is 0 Å². The minimum absolute atomic E-state index is 1.08. The number of rotatable bonds is 3. The number of halogens is 2. The third-order valence-corrected chi connectivity index (χ3v) is 5.41. The zero-order chi connectivity index (χ0) is 17.9. The Morgan fingerprint density at radius 2 is 0.769 bits per heavy atom. The molecule has 126 valence electrons. The molecule has 0 saturated carbocycles. The van der Waals surface area contributed by atoms with Crippen LogP contribution in [0.25, 0.3) is 33.4 Å². The average molecular weight is 464 g/mol. The second kappa shape index (κ2) is 7.61. The van der Waals surface area contributed by atoms with E-state index in [1.165, 1.54) is 33.4 Å². The summed E-state index contributed by atoms with van der Waals surface area (Å²) in [5.74, 6) is 0. The van der Waals surface area contributed by atoms with Crippen molar-refractivity contribution < 1.29 is 0 Å². The van der Waals surface area contributed by atoms with Crippen LogP contribution in [-0.4, -0.2) is 0 Å². The largest absolute Gasteiger partial charge is 0.0622 e. The van der Waals surface area contributed by atoms with Crippen LogP contribution < -0.4 is 0 Å². The Kier molecular flexibility index (Phi) is 5.05. The molecule has 0 fully saturated rings. The van der Waals surface area contributed by atoms with Crippen LogP contribution in [0.2, 0.25) is 0 Å². The van der Waals surface area contributed by atoms with Gasteiger partial charge >= 0.3 is 0 Å². The first-order valence-electron chi connectivity index (χ1n) is 8.43. The van der Waals surface area contributed by atoms with Gasteiger partial charge in [0.2, 0.25) is 0 Å². The highest BCUT2D eigenvalue weighted by molar-refractivity contribution is 9.10. The maximum Gasteiger partial charge on any atom is 0.0181 e. The van der Waals surface area contributed by atoms with Crippen molar-refractivity contribution in [2.24, 2.45) is 0 Å². The molecule has 0 aliphatic carbocycles. The van der Waals surface area contributed by atoms with E-state index < -0.39 is 0 Å². The van der Waals surface area contributed by atoms with E-state index in [0.29, 0.717) is 0 Å². The third kappa shape index (κ3) is 3.53. The molecule has 0 aliphatic heterocycles. The Morgan fingerprint density at radius 3 is 1.15 bits per heavy atom. The lowest BCUT2D eigenvalue weighted by atomic mass is 9.89. The Labute approximate surface area is 170 Å². The Hall–Kier alpha value is -2.16. The summed E-state index contributed by atoms with van der Waals surface area (Å²) in [5.41, 5.74) is 7.31. The quantitative estimate of drug-likeness (QED) is 0.287. The van der Waals surface area contributed by atoms with Gasteiger partial charge in [-0.25, -0.2) is 0 Å². The molecule has 0 bridgehead atoms. The topological polar surface area (TPSA) is 0 Å². The third-order valence-electron chi connectivity index (χ3n) is 4.42. The molecule has 0 heterocycles. The van der Waals surface area contributed by atoms with Gasteiger partial charge in [0.15, 0.2) is 0 Å². The van der Waals surface area contributed by atoms with E-state index >= 15 is 0 Å². The molecule has 26 heavy (non-hydrogen) atoms. The van der Waals surface area contributed by atoms with Gasteiger partial charge in [-0.15, -0.1) is 0 Å². The molecule has 0 spiro atoms. The van der Waals surface area contributed by atoms with Crippen LogP contribution in [0.4, 0.5) is 0 Å². The SMILES string of the molecule is Brc1ccc(-c2ccccc2)c(-c2cc(Br)ccc2-c2ccccc2)c1. The van der Waals surface area contributed by atoms with Crippen molar-refractivity contribution >= 4 is 31.9 Å². The van der Waals surface area contributed by atoms with Crippen molar-refractivity contribution in [3.05, 3.63) is 106 Å². The normalized spacial score (nSPS) is 10.7. The Balaban J connectivity index is 2.00. The van der Waals surface area contributed by atoms with Gasteiger partial charge in [0.25, 0.3) is 0 Å². The highest BCUT2D eigenvalue weighted by atomic mass is 79.9. The molecule has 0 aliphatic rings. The van der Waals surface area contributed by atoms with Crippen LogP contribution >= 0.6 is 31.9 Å². The maximum atomic E-state index is 3.65. The molecule has 0 nitrogen and oxygen atoms in total. The minimum Gasteiger partial charge on any atom is -0.0622 e. The first kappa shape index (κ1) is 17.3. The molecule has 0 unspecified atom stereocenters. The van der Waals surface area contributed by atoms with E-state index in [1.54, 1.807) is 0 Å². The zero-order valence-corrected chi connectivity index (χ0v) is 17.2. The molecule has 2 heteroatoms. The van der Waals surface area contributed by atoms with E-state index in [2.05, 4.69) is 129 Å². The van der Waals surface area contributed by atoms with E-state index in [0.717, 1.165) is 8.95 Å². The lowest BCUT2D eigenvalue weighted by Crippen LogP contribution is -1.90. The molecule has 0 radical (unpaired) electrons. The number of hydrogen-bond acceptors (Lipinski definition) is 0. The van der Waals surface area contributed by atoms with Crippen LogP contribution in [0.3, 0.4) is 0 Å². The van der Waals surface area contributed by atoms with Gasteiger partial charge in [0.05, 0.1) is 0 Å². The lowest BCUT2D eigenvalue weighted by Gasteiger charge is -2.16. The highest BCUT2D eigenvalue weighted by Crippen LogP contribution is 2.40. The van der Waals surface area contributed by atoms with Crippen molar-refractivity contribution in [3.8, 4) is 33.4 Å². The summed E-state index contributed by atoms with van der Waals surface area (Å²) < 4.78 is 2.15. The van der Waals surface area contributed by atoms with Gasteiger partial charge < -0.3 is 0 Å². The predicted molar refractivity (Wildman–Crippen MR) is 118 cm³/mol. The lowest BCUT2D eigenvalue weighted by molar-refractivity contribution is 1.53. The maximum absolute atomic E-state index is 3.65. The van der Waals surface area contributed by atoms with Crippen molar-refractivity contribution in [1.82, 2.24) is 0 Å². The van der Waals surface area contributed by atoms with Gasteiger partial charge in [-0.1, -0.05) is 105 Å². The fourth-order valence-electron chi connectivity index (χ4n) is 3.22. The first-order chi connectivity index (χ1) is 12.7. The van der Waals surface area contributed by atoms with Gasteiger partial charge in [-0.2, -0.15) is 0 Å². The van der Waals surface area contributed by atoms with Crippen LogP contribution in [0.5, 0.6) is 0 Å². The Morgan fingerprint density at radius 1 is 0.385 bits per heavy atom. The summed E-state index contributed by atoms with van der Waals surface area (Å²) in [6, 6.07) is 34.1. The molecule has 4 aromatic carbocycles. The van der Waals surface area contributed by atoms with Gasteiger partial charge in [-0.3, -0.25) is 0 Å². The summed E-state index contributed by atoms with van der Waals surface area (Å²) in [6.45, 7) is 0. The second-order valence-electron chi connectivity index (χ2n) is 6.11. The first-order valence-corrected chi connectivity index (χ1v) is 10.0. The summed E-state index contributed by atoms with van der Waals surface area (Å²) in [5, 5.41) is 0. The molecule has 0 N–H and O–H groups in total. The molecule has 0 saturated heterocycles. The van der Waals surface area contributed by atoms with Gasteiger partial charge in [0.1, 0.15) is 0 Å². The van der Waals surface area contributed by atoms with Crippen molar-refractivity contribution in [2.45, 2.75) is 0 Å². The number of hydrogen-bond donors (Lipinski definition) is 0. The van der Waals surface area contributed by atoms with Crippen LogP contribution in [0, 0.1) is 0 Å². The second-order valence-corrected chi connectivity index (χ2v) is 7.94. The molecular weight excluding hydrogens is 448 g/mol. The van der Waals surface area contributed by atoms with Crippen LogP contribution in [0.1, 0.15) is 0 Å². The zero-order valence-electron chi connectivity index (χ0n) is 14.0. The molecule has 4 rings (SSSR count). The van der Waals surface area contributed by atoms with E-state index in [-0.39, 0.29) is 0 Å². The molecule has 0 atom stereocenters. The monoisotopic (exact) mass is 462 g/mol. The van der Waals surface area contributed by atoms with E-state index in [4.69, 9.17) is 0 Å². The predicted octanol–water partition coefficient (Wildman–Crippen LogP) is 8.21. The van der Waals surface area contributed by atoms with E-state index in [9.17, 15) is 0 Å². The fourth-order valence-corrected chi connectivity index (χ4v) is 3.94. The average Bonchev–Trinajstić information content (AvgIpc) is 2.69. The van der Waals surface area contributed by atoms with Crippen molar-refractivity contribution in [1.29, 1.82) is 0 Å². The molecule has 0 aromatic heterocycles.